The fraction of sp³-hybridized carbons (Fsp3) is 0.300. The Hall–Kier alpha value is -2.04. The van der Waals surface area contributed by atoms with E-state index >= 15 is 0 Å². The zero-order chi connectivity index (χ0) is 19.5. The molecule has 2 aromatic carbocycles. The molecule has 0 aliphatic carbocycles. The highest BCUT2D eigenvalue weighted by Gasteiger charge is 2.36. The largest absolute Gasteiger partial charge is 0.393 e. The number of anilines is 2. The van der Waals surface area contributed by atoms with Crippen LogP contribution in [-0.4, -0.2) is 11.9 Å². The SMILES string of the molecule is CC(=O)OC(=O)C(c1ccccc1Nc1c(Cl)cccc1Cl)C(C)(C)C. The molecule has 0 radical (unpaired) electrons. The first-order valence-electron chi connectivity index (χ1n) is 8.13. The summed E-state index contributed by atoms with van der Waals surface area (Å²) >= 11 is 12.5. The summed E-state index contributed by atoms with van der Waals surface area (Å²) < 4.78 is 4.89. The van der Waals surface area contributed by atoms with Crippen LogP contribution >= 0.6 is 23.2 Å². The van der Waals surface area contributed by atoms with Crippen molar-refractivity contribution in [2.75, 3.05) is 5.32 Å². The standard InChI is InChI=1S/C20H21Cl2NO3/c1-12(24)26-19(25)17(20(2,3)4)13-8-5-6-11-16(13)23-18-14(21)9-7-10-15(18)22/h5-11,17,23H,1-4H3. The molecule has 1 unspecified atom stereocenters. The molecule has 26 heavy (non-hydrogen) atoms. The van der Waals surface area contributed by atoms with E-state index in [1.54, 1.807) is 18.2 Å². The molecule has 1 N–H and O–H groups in total. The molecule has 138 valence electrons. The van der Waals surface area contributed by atoms with Gasteiger partial charge in [-0.25, -0.2) is 0 Å². The molecule has 0 amide bonds. The van der Waals surface area contributed by atoms with Crippen LogP contribution in [0.1, 0.15) is 39.2 Å². The third kappa shape index (κ3) is 4.77. The summed E-state index contributed by atoms with van der Waals surface area (Å²) in [4.78, 5) is 23.9. The van der Waals surface area contributed by atoms with Gasteiger partial charge in [-0.1, -0.05) is 68.2 Å². The molecule has 0 heterocycles. The van der Waals surface area contributed by atoms with E-state index < -0.39 is 23.3 Å². The summed E-state index contributed by atoms with van der Waals surface area (Å²) in [5, 5.41) is 4.14. The molecule has 0 bridgehead atoms. The fourth-order valence-electron chi connectivity index (χ4n) is 2.76. The molecule has 0 saturated carbocycles. The number of benzene rings is 2. The van der Waals surface area contributed by atoms with Crippen molar-refractivity contribution in [3.63, 3.8) is 0 Å². The maximum absolute atomic E-state index is 12.6. The first kappa shape index (κ1) is 20.3. The average molecular weight is 394 g/mol. The molecule has 0 spiro atoms. The normalized spacial score (nSPS) is 12.4. The Morgan fingerprint density at radius 3 is 2.12 bits per heavy atom. The Kier molecular flexibility index (Phi) is 6.32. The number of hydrogen-bond acceptors (Lipinski definition) is 4. The minimum atomic E-state index is -0.656. The first-order chi connectivity index (χ1) is 12.1. The number of halogens is 2. The van der Waals surface area contributed by atoms with Gasteiger partial charge < -0.3 is 10.1 Å². The number of carbonyl (C=O) groups is 2. The molecule has 0 aromatic heterocycles. The van der Waals surface area contributed by atoms with Crippen LogP contribution in [0.4, 0.5) is 11.4 Å². The van der Waals surface area contributed by atoms with Gasteiger partial charge >= 0.3 is 11.9 Å². The van der Waals surface area contributed by atoms with Crippen LogP contribution in [0.15, 0.2) is 42.5 Å². The van der Waals surface area contributed by atoms with Crippen molar-refractivity contribution in [3.05, 3.63) is 58.1 Å². The van der Waals surface area contributed by atoms with Crippen LogP contribution in [0.3, 0.4) is 0 Å². The average Bonchev–Trinajstić information content (AvgIpc) is 2.50. The number of nitrogens with one attached hydrogen (secondary N) is 1. The van der Waals surface area contributed by atoms with Gasteiger partial charge in [-0.2, -0.15) is 0 Å². The summed E-state index contributed by atoms with van der Waals surface area (Å²) in [5.41, 5.74) is 1.44. The van der Waals surface area contributed by atoms with Gasteiger partial charge in [0.2, 0.25) is 0 Å². The smallest absolute Gasteiger partial charge is 0.321 e. The highest BCUT2D eigenvalue weighted by molar-refractivity contribution is 6.39. The molecule has 6 heteroatoms. The van der Waals surface area contributed by atoms with Gasteiger partial charge in [0.05, 0.1) is 21.7 Å². The summed E-state index contributed by atoms with van der Waals surface area (Å²) in [6, 6.07) is 12.5. The lowest BCUT2D eigenvalue weighted by Crippen LogP contribution is -2.30. The molecule has 0 fully saturated rings. The van der Waals surface area contributed by atoms with Crippen molar-refractivity contribution in [1.29, 1.82) is 0 Å². The second-order valence-corrected chi connectivity index (χ2v) is 7.84. The molecule has 0 aliphatic rings. The highest BCUT2D eigenvalue weighted by Crippen LogP contribution is 2.41. The number of ether oxygens (including phenoxy) is 1. The Morgan fingerprint density at radius 1 is 1.00 bits per heavy atom. The monoisotopic (exact) mass is 393 g/mol. The number of para-hydroxylation sites is 2. The Morgan fingerprint density at radius 2 is 1.58 bits per heavy atom. The molecule has 0 saturated heterocycles. The number of rotatable bonds is 4. The van der Waals surface area contributed by atoms with Gasteiger partial charge in [-0.3, -0.25) is 9.59 Å². The fourth-order valence-corrected chi connectivity index (χ4v) is 3.25. The predicted octanol–water partition coefficient (Wildman–Crippen LogP) is 5.96. The van der Waals surface area contributed by atoms with Gasteiger partial charge in [0.25, 0.3) is 0 Å². The molecule has 2 aromatic rings. The van der Waals surface area contributed by atoms with E-state index in [0.717, 1.165) is 0 Å². The van der Waals surface area contributed by atoms with E-state index in [0.29, 0.717) is 27.0 Å². The second kappa shape index (κ2) is 8.11. The van der Waals surface area contributed by atoms with Crippen molar-refractivity contribution < 1.29 is 14.3 Å². The Labute approximate surface area is 163 Å². The Balaban J connectivity index is 2.52. The van der Waals surface area contributed by atoms with E-state index in [2.05, 4.69) is 5.32 Å². The topological polar surface area (TPSA) is 55.4 Å². The molecule has 4 nitrogen and oxygen atoms in total. The van der Waals surface area contributed by atoms with E-state index in [1.165, 1.54) is 6.92 Å². The Bertz CT molecular complexity index is 808. The number of hydrogen-bond donors (Lipinski definition) is 1. The zero-order valence-corrected chi connectivity index (χ0v) is 16.6. The third-order valence-electron chi connectivity index (χ3n) is 3.84. The van der Waals surface area contributed by atoms with Gasteiger partial charge in [0.15, 0.2) is 0 Å². The molecule has 0 aliphatic heterocycles. The van der Waals surface area contributed by atoms with Gasteiger partial charge in [0.1, 0.15) is 0 Å². The van der Waals surface area contributed by atoms with Crippen molar-refractivity contribution in [2.24, 2.45) is 5.41 Å². The van der Waals surface area contributed by atoms with Crippen LogP contribution in [0.5, 0.6) is 0 Å². The van der Waals surface area contributed by atoms with Gasteiger partial charge in [-0.05, 0) is 29.2 Å². The minimum Gasteiger partial charge on any atom is -0.393 e. The van der Waals surface area contributed by atoms with E-state index in [-0.39, 0.29) is 0 Å². The maximum Gasteiger partial charge on any atom is 0.321 e. The van der Waals surface area contributed by atoms with Crippen molar-refractivity contribution in [3.8, 4) is 0 Å². The summed E-state index contributed by atoms with van der Waals surface area (Å²) in [7, 11) is 0. The second-order valence-electron chi connectivity index (χ2n) is 7.02. The van der Waals surface area contributed by atoms with E-state index in [1.807, 2.05) is 45.0 Å². The highest BCUT2D eigenvalue weighted by atomic mass is 35.5. The van der Waals surface area contributed by atoms with Crippen molar-refractivity contribution in [1.82, 2.24) is 0 Å². The molecule has 1 atom stereocenters. The van der Waals surface area contributed by atoms with Crippen LogP contribution in [0.2, 0.25) is 10.0 Å². The lowest BCUT2D eigenvalue weighted by Gasteiger charge is -2.30. The van der Waals surface area contributed by atoms with Crippen LogP contribution in [-0.2, 0) is 14.3 Å². The minimum absolute atomic E-state index is 0.464. The van der Waals surface area contributed by atoms with Crippen LogP contribution in [0.25, 0.3) is 0 Å². The molecular weight excluding hydrogens is 373 g/mol. The third-order valence-corrected chi connectivity index (χ3v) is 4.47. The summed E-state index contributed by atoms with van der Waals surface area (Å²) in [6.45, 7) is 6.96. The van der Waals surface area contributed by atoms with Crippen molar-refractivity contribution >= 4 is 46.5 Å². The van der Waals surface area contributed by atoms with Crippen LogP contribution in [0, 0.1) is 5.41 Å². The number of esters is 2. The summed E-state index contributed by atoms with van der Waals surface area (Å²) in [5.74, 6) is -1.88. The maximum atomic E-state index is 12.6. The predicted molar refractivity (Wildman–Crippen MR) is 105 cm³/mol. The van der Waals surface area contributed by atoms with Crippen LogP contribution < -0.4 is 5.32 Å². The molecule has 2 rings (SSSR count). The van der Waals surface area contributed by atoms with E-state index in [9.17, 15) is 9.59 Å². The van der Waals surface area contributed by atoms with E-state index in [4.69, 9.17) is 27.9 Å². The lowest BCUT2D eigenvalue weighted by atomic mass is 9.76. The van der Waals surface area contributed by atoms with Gasteiger partial charge in [0, 0.05) is 12.6 Å². The first-order valence-corrected chi connectivity index (χ1v) is 8.89. The summed E-state index contributed by atoms with van der Waals surface area (Å²) in [6.07, 6.45) is 0. The lowest BCUT2D eigenvalue weighted by molar-refractivity contribution is -0.160. The quantitative estimate of drug-likeness (QED) is 0.514. The number of carbonyl (C=O) groups excluding carboxylic acids is 2. The zero-order valence-electron chi connectivity index (χ0n) is 15.1. The molecular formula is C20H21Cl2NO3. The van der Waals surface area contributed by atoms with Gasteiger partial charge in [-0.15, -0.1) is 0 Å². The van der Waals surface area contributed by atoms with Crippen molar-refractivity contribution in [2.45, 2.75) is 33.6 Å².